The molecule has 0 unspecified atom stereocenters. The predicted molar refractivity (Wildman–Crippen MR) is 48.9 cm³/mol. The third-order valence-electron chi connectivity index (χ3n) is 1.60. The van der Waals surface area contributed by atoms with Crippen LogP contribution >= 0.6 is 0 Å². The van der Waals surface area contributed by atoms with Crippen molar-refractivity contribution in [3.05, 3.63) is 24.3 Å². The highest BCUT2D eigenvalue weighted by Crippen LogP contribution is 2.03. The van der Waals surface area contributed by atoms with E-state index in [2.05, 4.69) is 51.1 Å². The van der Waals surface area contributed by atoms with Crippen LogP contribution in [0, 0.1) is 0 Å². The fourth-order valence-corrected chi connectivity index (χ4v) is 1.07. The molecule has 0 N–H and O–H groups in total. The largest absolute Gasteiger partial charge is 0.378 e. The first-order valence-electron chi connectivity index (χ1n) is 3.45. The minimum atomic E-state index is 1.29. The van der Waals surface area contributed by atoms with Crippen molar-refractivity contribution >= 4 is 19.0 Å². The van der Waals surface area contributed by atoms with Crippen molar-refractivity contribution in [3.63, 3.8) is 0 Å². The third-order valence-corrected chi connectivity index (χ3v) is 1.60. The first-order chi connectivity index (χ1) is 4.72. The van der Waals surface area contributed by atoms with Gasteiger partial charge >= 0.3 is 0 Å². The molecular formula is C8H12BN. The van der Waals surface area contributed by atoms with Gasteiger partial charge in [0, 0.05) is 19.8 Å². The molecule has 0 spiro atoms. The molecule has 0 saturated heterocycles. The Morgan fingerprint density at radius 3 is 2.20 bits per heavy atom. The molecule has 0 aliphatic carbocycles. The highest BCUT2D eigenvalue weighted by Gasteiger charge is 1.95. The van der Waals surface area contributed by atoms with E-state index in [4.69, 9.17) is 0 Å². The van der Waals surface area contributed by atoms with Crippen molar-refractivity contribution in [2.24, 2.45) is 0 Å². The van der Waals surface area contributed by atoms with Gasteiger partial charge in [-0.1, -0.05) is 23.7 Å². The molecule has 0 amide bonds. The summed E-state index contributed by atoms with van der Waals surface area (Å²) in [5.41, 5.74) is 2.62. The summed E-state index contributed by atoms with van der Waals surface area (Å²) in [4.78, 5) is 2.12. The quantitative estimate of drug-likeness (QED) is 0.488. The Bertz CT molecular complexity index is 220. The Hall–Kier alpha value is -0.915. The Balaban J connectivity index is 3.03. The number of anilines is 1. The Labute approximate surface area is 63.1 Å². The summed E-state index contributed by atoms with van der Waals surface area (Å²) in [6.45, 7) is 0. The van der Waals surface area contributed by atoms with Gasteiger partial charge in [-0.2, -0.15) is 0 Å². The smallest absolute Gasteiger partial charge is 0.142 e. The highest BCUT2D eigenvalue weighted by atomic mass is 15.1. The average molecular weight is 133 g/mol. The van der Waals surface area contributed by atoms with Crippen LogP contribution in [0.1, 0.15) is 0 Å². The van der Waals surface area contributed by atoms with E-state index < -0.39 is 0 Å². The standard InChI is InChI=1S/C8H12BN/c1-10(2)8-6-4-3-5-7(8)9/h3-6H,9H2,1-2H3. The Morgan fingerprint density at radius 2 is 1.80 bits per heavy atom. The lowest BCUT2D eigenvalue weighted by molar-refractivity contribution is 1.14. The minimum absolute atomic E-state index is 1.29. The number of benzene rings is 1. The Morgan fingerprint density at radius 1 is 1.20 bits per heavy atom. The Kier molecular flexibility index (Phi) is 2.00. The normalized spacial score (nSPS) is 9.40. The maximum Gasteiger partial charge on any atom is 0.142 e. The summed E-state index contributed by atoms with van der Waals surface area (Å²) in [5, 5.41) is 0. The van der Waals surface area contributed by atoms with Crippen molar-refractivity contribution in [2.45, 2.75) is 0 Å². The maximum absolute atomic E-state index is 2.12. The van der Waals surface area contributed by atoms with Gasteiger partial charge in [-0.3, -0.25) is 0 Å². The molecule has 1 nitrogen and oxygen atoms in total. The van der Waals surface area contributed by atoms with Crippen molar-refractivity contribution in [2.75, 3.05) is 19.0 Å². The van der Waals surface area contributed by atoms with Crippen LogP contribution in [0.2, 0.25) is 0 Å². The first kappa shape index (κ1) is 7.20. The summed E-state index contributed by atoms with van der Waals surface area (Å²) in [5.74, 6) is 0. The topological polar surface area (TPSA) is 3.24 Å². The minimum Gasteiger partial charge on any atom is -0.378 e. The average Bonchev–Trinajstić information content (AvgIpc) is 1.88. The molecule has 1 aromatic carbocycles. The van der Waals surface area contributed by atoms with Gasteiger partial charge in [0.1, 0.15) is 7.85 Å². The second-order valence-corrected chi connectivity index (χ2v) is 2.68. The molecule has 0 saturated carbocycles. The molecule has 10 heavy (non-hydrogen) atoms. The monoisotopic (exact) mass is 133 g/mol. The van der Waals surface area contributed by atoms with Gasteiger partial charge in [0.2, 0.25) is 0 Å². The first-order valence-corrected chi connectivity index (χ1v) is 3.45. The van der Waals surface area contributed by atoms with E-state index in [0.717, 1.165) is 0 Å². The zero-order valence-corrected chi connectivity index (χ0v) is 6.76. The van der Waals surface area contributed by atoms with Crippen molar-refractivity contribution < 1.29 is 0 Å². The summed E-state index contributed by atoms with van der Waals surface area (Å²) in [6, 6.07) is 8.36. The number of hydrogen-bond donors (Lipinski definition) is 0. The van der Waals surface area contributed by atoms with Crippen molar-refractivity contribution in [1.82, 2.24) is 0 Å². The van der Waals surface area contributed by atoms with Crippen LogP contribution in [0.4, 0.5) is 5.69 Å². The lowest BCUT2D eigenvalue weighted by Gasteiger charge is -2.14. The molecule has 0 aromatic heterocycles. The summed E-state index contributed by atoms with van der Waals surface area (Å²) >= 11 is 0. The summed E-state index contributed by atoms with van der Waals surface area (Å²) in [6.07, 6.45) is 0. The van der Waals surface area contributed by atoms with E-state index in [1.165, 1.54) is 11.2 Å². The number of rotatable bonds is 1. The maximum atomic E-state index is 2.12. The van der Waals surface area contributed by atoms with E-state index in [1.807, 2.05) is 0 Å². The zero-order chi connectivity index (χ0) is 7.56. The molecule has 0 atom stereocenters. The molecular weight excluding hydrogens is 121 g/mol. The fourth-order valence-electron chi connectivity index (χ4n) is 1.07. The molecule has 1 aromatic rings. The molecule has 0 radical (unpaired) electrons. The lowest BCUT2D eigenvalue weighted by Crippen LogP contribution is -2.18. The molecule has 52 valence electrons. The fraction of sp³-hybridized carbons (Fsp3) is 0.250. The molecule has 0 heterocycles. The molecule has 0 aliphatic heterocycles. The molecule has 2 heteroatoms. The van der Waals surface area contributed by atoms with E-state index in [0.29, 0.717) is 0 Å². The van der Waals surface area contributed by atoms with Crippen LogP contribution < -0.4 is 10.4 Å². The number of hydrogen-bond acceptors (Lipinski definition) is 1. The van der Waals surface area contributed by atoms with Crippen LogP contribution in [0.25, 0.3) is 0 Å². The second kappa shape index (κ2) is 2.78. The van der Waals surface area contributed by atoms with Crippen LogP contribution in [-0.4, -0.2) is 21.9 Å². The molecule has 0 bridgehead atoms. The number of nitrogens with zero attached hydrogens (tertiary/aromatic N) is 1. The molecule has 1 rings (SSSR count). The van der Waals surface area contributed by atoms with Gasteiger partial charge in [0.05, 0.1) is 0 Å². The van der Waals surface area contributed by atoms with Gasteiger partial charge in [-0.05, 0) is 6.07 Å². The van der Waals surface area contributed by atoms with Gasteiger partial charge < -0.3 is 4.90 Å². The SMILES string of the molecule is Bc1ccccc1N(C)C. The second-order valence-electron chi connectivity index (χ2n) is 2.68. The summed E-state index contributed by atoms with van der Waals surface area (Å²) < 4.78 is 0. The molecule has 0 aliphatic rings. The predicted octanol–water partition coefficient (Wildman–Crippen LogP) is 0.0110. The van der Waals surface area contributed by atoms with Crippen LogP contribution in [0.3, 0.4) is 0 Å². The zero-order valence-electron chi connectivity index (χ0n) is 6.76. The van der Waals surface area contributed by atoms with Gasteiger partial charge in [-0.15, -0.1) is 0 Å². The molecule has 0 fully saturated rings. The van der Waals surface area contributed by atoms with E-state index in [9.17, 15) is 0 Å². The number of para-hydroxylation sites is 1. The lowest BCUT2D eigenvalue weighted by atomic mass is 9.94. The van der Waals surface area contributed by atoms with Crippen LogP contribution in [0.5, 0.6) is 0 Å². The van der Waals surface area contributed by atoms with Crippen LogP contribution in [0.15, 0.2) is 24.3 Å². The van der Waals surface area contributed by atoms with Gasteiger partial charge in [0.15, 0.2) is 0 Å². The van der Waals surface area contributed by atoms with Gasteiger partial charge in [0.25, 0.3) is 0 Å². The highest BCUT2D eigenvalue weighted by molar-refractivity contribution is 6.35. The van der Waals surface area contributed by atoms with Crippen molar-refractivity contribution in [1.29, 1.82) is 0 Å². The van der Waals surface area contributed by atoms with E-state index in [-0.39, 0.29) is 0 Å². The summed E-state index contributed by atoms with van der Waals surface area (Å²) in [7, 11) is 6.24. The van der Waals surface area contributed by atoms with Gasteiger partial charge in [-0.25, -0.2) is 0 Å². The third kappa shape index (κ3) is 1.32. The van der Waals surface area contributed by atoms with Crippen LogP contribution in [-0.2, 0) is 0 Å². The van der Waals surface area contributed by atoms with E-state index >= 15 is 0 Å². The van der Waals surface area contributed by atoms with Crippen molar-refractivity contribution in [3.8, 4) is 0 Å². The van der Waals surface area contributed by atoms with E-state index in [1.54, 1.807) is 0 Å².